The van der Waals surface area contributed by atoms with Gasteiger partial charge in [0.15, 0.2) is 0 Å². The molecule has 4 rings (SSSR count). The number of methoxy groups -OCH3 is 1. The Morgan fingerprint density at radius 1 is 1.12 bits per heavy atom. The van der Waals surface area contributed by atoms with Crippen molar-refractivity contribution in [3.05, 3.63) is 57.7 Å². The molecule has 0 saturated heterocycles. The quantitative estimate of drug-likeness (QED) is 0.446. The number of benzene rings is 2. The van der Waals surface area contributed by atoms with Crippen LogP contribution in [0.2, 0.25) is 0 Å². The molecule has 2 heterocycles. The first-order valence-corrected chi connectivity index (χ1v) is 8.86. The van der Waals surface area contributed by atoms with Gasteiger partial charge in [0.25, 0.3) is 0 Å². The van der Waals surface area contributed by atoms with Crippen LogP contribution < -0.4 is 10.1 Å². The van der Waals surface area contributed by atoms with Crippen molar-refractivity contribution in [3.63, 3.8) is 0 Å². The predicted molar refractivity (Wildman–Crippen MR) is 102 cm³/mol. The lowest BCUT2D eigenvalue weighted by atomic mass is 10.2. The lowest BCUT2D eigenvalue weighted by Gasteiger charge is -2.15. The molecular formula is C17H11Br2FN4O. The molecule has 0 bridgehead atoms. The number of rotatable bonds is 3. The number of anilines is 2. The van der Waals surface area contributed by atoms with Crippen LogP contribution in [-0.4, -0.2) is 21.5 Å². The number of hydrogen-bond donors (Lipinski definition) is 1. The van der Waals surface area contributed by atoms with E-state index in [1.165, 1.54) is 12.1 Å². The van der Waals surface area contributed by atoms with E-state index in [1.807, 2.05) is 16.5 Å². The van der Waals surface area contributed by atoms with Crippen molar-refractivity contribution >= 4 is 59.8 Å². The Kier molecular flexibility index (Phi) is 4.09. The largest absolute Gasteiger partial charge is 0.494 e. The Balaban J connectivity index is 1.88. The van der Waals surface area contributed by atoms with Crippen LogP contribution in [0, 0.1) is 5.82 Å². The Morgan fingerprint density at radius 3 is 2.60 bits per heavy atom. The molecule has 0 atom stereocenters. The van der Waals surface area contributed by atoms with Gasteiger partial charge in [0, 0.05) is 15.0 Å². The molecule has 0 aliphatic carbocycles. The molecule has 2 aromatic heterocycles. The smallest absolute Gasteiger partial charge is 0.144 e. The number of nitrogens with one attached hydrogen (secondary N) is 1. The second-order valence-corrected chi connectivity index (χ2v) is 7.07. The maximum atomic E-state index is 13.5. The topological polar surface area (TPSA) is 51.5 Å². The SMILES string of the molecule is COc1cc2c(cc1Nc1c(Br)cc(F)cc1Br)ncc1cncn12. The standard InChI is InChI=1S/C17H11Br2FN4O/c1-25-16-5-15-13(22-7-10-6-21-8-24(10)15)4-14(16)23-17-11(18)2-9(20)3-12(17)19/h2-8,23H,1H3. The van der Waals surface area contributed by atoms with Crippen LogP contribution in [0.5, 0.6) is 5.75 Å². The number of imidazole rings is 1. The van der Waals surface area contributed by atoms with Gasteiger partial charge in [-0.15, -0.1) is 0 Å². The Hall–Kier alpha value is -2.19. The molecule has 2 aromatic carbocycles. The minimum Gasteiger partial charge on any atom is -0.494 e. The average Bonchev–Trinajstić information content (AvgIpc) is 3.06. The summed E-state index contributed by atoms with van der Waals surface area (Å²) in [6, 6.07) is 6.57. The van der Waals surface area contributed by atoms with E-state index in [4.69, 9.17) is 4.74 Å². The van der Waals surface area contributed by atoms with E-state index in [9.17, 15) is 4.39 Å². The van der Waals surface area contributed by atoms with E-state index in [2.05, 4.69) is 47.1 Å². The Morgan fingerprint density at radius 2 is 1.88 bits per heavy atom. The lowest BCUT2D eigenvalue weighted by molar-refractivity contribution is 0.417. The van der Waals surface area contributed by atoms with E-state index in [0.29, 0.717) is 20.4 Å². The third kappa shape index (κ3) is 2.85. The maximum Gasteiger partial charge on any atom is 0.144 e. The molecule has 4 aromatic rings. The van der Waals surface area contributed by atoms with Gasteiger partial charge in [0.2, 0.25) is 0 Å². The Labute approximate surface area is 159 Å². The molecule has 5 nitrogen and oxygen atoms in total. The van der Waals surface area contributed by atoms with E-state index in [-0.39, 0.29) is 5.82 Å². The summed E-state index contributed by atoms with van der Waals surface area (Å²) in [7, 11) is 1.60. The highest BCUT2D eigenvalue weighted by Crippen LogP contribution is 2.38. The van der Waals surface area contributed by atoms with Gasteiger partial charge >= 0.3 is 0 Å². The zero-order chi connectivity index (χ0) is 17.6. The number of nitrogens with zero attached hydrogens (tertiary/aromatic N) is 3. The maximum absolute atomic E-state index is 13.5. The van der Waals surface area contributed by atoms with Crippen molar-refractivity contribution < 1.29 is 9.13 Å². The van der Waals surface area contributed by atoms with Crippen molar-refractivity contribution in [2.45, 2.75) is 0 Å². The zero-order valence-electron chi connectivity index (χ0n) is 12.9. The number of ether oxygens (including phenoxy) is 1. The second-order valence-electron chi connectivity index (χ2n) is 5.36. The third-order valence-electron chi connectivity index (χ3n) is 3.83. The summed E-state index contributed by atoms with van der Waals surface area (Å²) < 4.78 is 22.1. The van der Waals surface area contributed by atoms with Crippen LogP contribution in [0.4, 0.5) is 15.8 Å². The van der Waals surface area contributed by atoms with Crippen LogP contribution >= 0.6 is 31.9 Å². The minimum atomic E-state index is -0.334. The van der Waals surface area contributed by atoms with Crippen LogP contribution in [0.1, 0.15) is 0 Å². The van der Waals surface area contributed by atoms with Crippen molar-refractivity contribution in [1.82, 2.24) is 14.4 Å². The lowest BCUT2D eigenvalue weighted by Crippen LogP contribution is -1.99. The molecular weight excluding hydrogens is 455 g/mol. The first-order chi connectivity index (χ1) is 12.1. The molecule has 0 amide bonds. The van der Waals surface area contributed by atoms with E-state index in [1.54, 1.807) is 25.8 Å². The molecule has 0 radical (unpaired) electrons. The van der Waals surface area contributed by atoms with Crippen LogP contribution in [0.25, 0.3) is 16.6 Å². The monoisotopic (exact) mass is 464 g/mol. The summed E-state index contributed by atoms with van der Waals surface area (Å²) in [6.45, 7) is 0. The molecule has 0 fully saturated rings. The van der Waals surface area contributed by atoms with Gasteiger partial charge < -0.3 is 10.1 Å². The van der Waals surface area contributed by atoms with Crippen molar-refractivity contribution in [1.29, 1.82) is 0 Å². The molecule has 0 aliphatic heterocycles. The molecule has 0 spiro atoms. The number of halogens is 3. The van der Waals surface area contributed by atoms with Gasteiger partial charge in [-0.3, -0.25) is 9.38 Å². The van der Waals surface area contributed by atoms with E-state index >= 15 is 0 Å². The van der Waals surface area contributed by atoms with E-state index < -0.39 is 0 Å². The summed E-state index contributed by atoms with van der Waals surface area (Å²) in [6.07, 6.45) is 5.24. The van der Waals surface area contributed by atoms with Crippen LogP contribution in [0.3, 0.4) is 0 Å². The highest BCUT2D eigenvalue weighted by atomic mass is 79.9. The van der Waals surface area contributed by atoms with Crippen LogP contribution in [0.15, 0.2) is 51.9 Å². The van der Waals surface area contributed by atoms with Crippen LogP contribution in [-0.2, 0) is 0 Å². The summed E-state index contributed by atoms with van der Waals surface area (Å²) in [5.74, 6) is 0.303. The normalized spacial score (nSPS) is 11.2. The van der Waals surface area contributed by atoms with Gasteiger partial charge in [0.1, 0.15) is 11.6 Å². The average molecular weight is 466 g/mol. The molecule has 0 saturated carbocycles. The summed E-state index contributed by atoms with van der Waals surface area (Å²) in [5.41, 5.74) is 3.98. The van der Waals surface area contributed by atoms with Gasteiger partial charge in [0.05, 0.1) is 53.8 Å². The Bertz CT molecular complexity index is 1090. The molecule has 1 N–H and O–H groups in total. The summed E-state index contributed by atoms with van der Waals surface area (Å²) >= 11 is 6.76. The van der Waals surface area contributed by atoms with Crippen molar-refractivity contribution in [2.75, 3.05) is 12.4 Å². The fourth-order valence-corrected chi connectivity index (χ4v) is 3.98. The molecule has 25 heavy (non-hydrogen) atoms. The summed E-state index contributed by atoms with van der Waals surface area (Å²) in [4.78, 5) is 8.63. The summed E-state index contributed by atoms with van der Waals surface area (Å²) in [5, 5.41) is 3.27. The highest BCUT2D eigenvalue weighted by Gasteiger charge is 2.13. The predicted octanol–water partition coefficient (Wildman–Crippen LogP) is 5.30. The van der Waals surface area contributed by atoms with Gasteiger partial charge in [-0.2, -0.15) is 0 Å². The third-order valence-corrected chi connectivity index (χ3v) is 5.08. The number of aromatic nitrogens is 3. The van der Waals surface area contributed by atoms with Gasteiger partial charge in [-0.1, -0.05) is 0 Å². The molecule has 8 heteroatoms. The van der Waals surface area contributed by atoms with Gasteiger partial charge in [-0.05, 0) is 50.1 Å². The van der Waals surface area contributed by atoms with E-state index in [0.717, 1.165) is 22.2 Å². The van der Waals surface area contributed by atoms with Crippen molar-refractivity contribution in [3.8, 4) is 5.75 Å². The fourth-order valence-electron chi connectivity index (χ4n) is 2.65. The molecule has 0 aliphatic rings. The van der Waals surface area contributed by atoms with Gasteiger partial charge in [-0.25, -0.2) is 9.37 Å². The molecule has 0 unspecified atom stereocenters. The zero-order valence-corrected chi connectivity index (χ0v) is 16.1. The fraction of sp³-hybridized carbons (Fsp3) is 0.0588. The highest BCUT2D eigenvalue weighted by molar-refractivity contribution is 9.11. The number of fused-ring (bicyclic) bond motifs is 3. The first-order valence-electron chi connectivity index (χ1n) is 7.27. The minimum absolute atomic E-state index is 0.334. The first kappa shape index (κ1) is 16.3. The second kappa shape index (κ2) is 6.27. The molecule has 126 valence electrons. The van der Waals surface area contributed by atoms with Crippen molar-refractivity contribution in [2.24, 2.45) is 0 Å². The number of hydrogen-bond acceptors (Lipinski definition) is 4.